The molecule has 0 spiro atoms. The van der Waals surface area contributed by atoms with Gasteiger partial charge in [-0.1, -0.05) is 60.2 Å². The lowest BCUT2D eigenvalue weighted by Gasteiger charge is -2.21. The van der Waals surface area contributed by atoms with E-state index in [0.29, 0.717) is 23.9 Å². The van der Waals surface area contributed by atoms with Crippen LogP contribution < -0.4 is 21.1 Å². The fraction of sp³-hybridized carbons (Fsp3) is 0.308. The van der Waals surface area contributed by atoms with E-state index in [9.17, 15) is 4.79 Å². The molecule has 3 unspecified atom stereocenters. The number of amides is 1. The lowest BCUT2D eigenvalue weighted by Crippen LogP contribution is -2.38. The number of hydrogen-bond donors (Lipinski definition) is 4. The van der Waals surface area contributed by atoms with Crippen molar-refractivity contribution in [1.82, 2.24) is 10.3 Å². The summed E-state index contributed by atoms with van der Waals surface area (Å²) in [6, 6.07) is 21.5. The van der Waals surface area contributed by atoms with E-state index in [0.717, 1.165) is 22.4 Å². The van der Waals surface area contributed by atoms with E-state index in [1.165, 1.54) is 0 Å². The van der Waals surface area contributed by atoms with Crippen LogP contribution >= 0.6 is 12.6 Å². The normalized spacial score (nSPS) is 13.6. The fourth-order valence-corrected chi connectivity index (χ4v) is 3.44. The summed E-state index contributed by atoms with van der Waals surface area (Å²) in [6.45, 7) is 6.22. The highest BCUT2D eigenvalue weighted by atomic mass is 32.1. The second-order valence-electron chi connectivity index (χ2n) is 8.14. The molecule has 2 aromatic carbocycles. The van der Waals surface area contributed by atoms with Gasteiger partial charge in [-0.15, -0.1) is 0 Å². The van der Waals surface area contributed by atoms with E-state index in [-0.39, 0.29) is 18.0 Å². The summed E-state index contributed by atoms with van der Waals surface area (Å²) < 4.78 is 6.05. The van der Waals surface area contributed by atoms with Gasteiger partial charge in [-0.2, -0.15) is 12.6 Å². The number of carbonyl (C=O) groups excluding carboxylic acids is 1. The lowest BCUT2D eigenvalue weighted by atomic mass is 10.1. The first-order valence-electron chi connectivity index (χ1n) is 11.1. The number of ether oxygens (including phenoxy) is 1. The summed E-state index contributed by atoms with van der Waals surface area (Å²) in [5.74, 6) is 0.691. The maximum atomic E-state index is 12.9. The number of carbonyl (C=O) groups is 1. The monoisotopic (exact) mass is 464 g/mol. The van der Waals surface area contributed by atoms with Crippen molar-refractivity contribution in [2.75, 3.05) is 17.6 Å². The molecular formula is C26H32N4O2S. The van der Waals surface area contributed by atoms with Crippen molar-refractivity contribution in [3.63, 3.8) is 0 Å². The van der Waals surface area contributed by atoms with Crippen LogP contribution in [-0.2, 0) is 4.79 Å². The summed E-state index contributed by atoms with van der Waals surface area (Å²) in [4.78, 5) is 17.6. The van der Waals surface area contributed by atoms with Crippen LogP contribution in [0.3, 0.4) is 0 Å². The van der Waals surface area contributed by atoms with Gasteiger partial charge in [-0.05, 0) is 38.5 Å². The molecule has 0 aliphatic heterocycles. The molecule has 0 aliphatic carbocycles. The number of thiol groups is 1. The molecule has 0 fully saturated rings. The minimum atomic E-state index is -0.741. The van der Waals surface area contributed by atoms with Gasteiger partial charge in [0.1, 0.15) is 0 Å². The van der Waals surface area contributed by atoms with Crippen molar-refractivity contribution >= 4 is 24.2 Å². The van der Waals surface area contributed by atoms with Crippen LogP contribution in [0, 0.1) is 6.92 Å². The average Bonchev–Trinajstić information content (AvgIpc) is 2.83. The predicted molar refractivity (Wildman–Crippen MR) is 138 cm³/mol. The van der Waals surface area contributed by atoms with Crippen molar-refractivity contribution < 1.29 is 9.53 Å². The third-order valence-corrected chi connectivity index (χ3v) is 5.75. The highest BCUT2D eigenvalue weighted by Gasteiger charge is 2.20. The molecule has 0 aliphatic rings. The smallest absolute Gasteiger partial charge is 0.261 e. The third kappa shape index (κ3) is 6.97. The molecule has 3 aromatic rings. The van der Waals surface area contributed by atoms with Gasteiger partial charge in [-0.3, -0.25) is 4.79 Å². The van der Waals surface area contributed by atoms with Crippen LogP contribution in [0.15, 0.2) is 66.7 Å². The van der Waals surface area contributed by atoms with Crippen LogP contribution in [0.5, 0.6) is 5.88 Å². The Labute approximate surface area is 201 Å². The molecule has 3 atom stereocenters. The Kier molecular flexibility index (Phi) is 8.74. The van der Waals surface area contributed by atoms with E-state index < -0.39 is 6.10 Å². The number of nitrogens with two attached hydrogens (primary N) is 1. The molecule has 0 bridgehead atoms. The number of aromatic nitrogens is 1. The van der Waals surface area contributed by atoms with Crippen molar-refractivity contribution in [2.24, 2.45) is 5.73 Å². The molecule has 0 saturated heterocycles. The highest BCUT2D eigenvalue weighted by molar-refractivity contribution is 7.80. The minimum Gasteiger partial charge on any atom is -0.463 e. The minimum absolute atomic E-state index is 0.120. The van der Waals surface area contributed by atoms with Crippen LogP contribution in [0.4, 0.5) is 5.69 Å². The first-order chi connectivity index (χ1) is 15.9. The number of anilines is 1. The maximum absolute atomic E-state index is 12.9. The molecule has 0 radical (unpaired) electrons. The number of nitrogens with one attached hydrogen (secondary N) is 2. The van der Waals surface area contributed by atoms with Gasteiger partial charge >= 0.3 is 0 Å². The van der Waals surface area contributed by atoms with Gasteiger partial charge in [-0.25, -0.2) is 4.98 Å². The summed E-state index contributed by atoms with van der Waals surface area (Å²) >= 11 is 4.24. The maximum Gasteiger partial charge on any atom is 0.261 e. The fourth-order valence-electron chi connectivity index (χ4n) is 3.31. The van der Waals surface area contributed by atoms with Crippen LogP contribution in [0.1, 0.15) is 31.0 Å². The summed E-state index contributed by atoms with van der Waals surface area (Å²) in [7, 11) is 0. The third-order valence-electron chi connectivity index (χ3n) is 5.28. The Morgan fingerprint density at radius 3 is 2.55 bits per heavy atom. The molecule has 1 aromatic heterocycles. The van der Waals surface area contributed by atoms with E-state index in [1.54, 1.807) is 6.92 Å². The summed E-state index contributed by atoms with van der Waals surface area (Å²) in [5.41, 5.74) is 10.6. The number of nitrogens with zero attached hydrogens (tertiary/aromatic N) is 1. The van der Waals surface area contributed by atoms with Crippen molar-refractivity contribution in [3.05, 3.63) is 77.9 Å². The van der Waals surface area contributed by atoms with Gasteiger partial charge < -0.3 is 21.1 Å². The Balaban J connectivity index is 1.77. The predicted octanol–water partition coefficient (Wildman–Crippen LogP) is 4.37. The van der Waals surface area contributed by atoms with Gasteiger partial charge in [0.2, 0.25) is 5.88 Å². The molecule has 1 heterocycles. The standard InChI is InChI=1S/C26H32N4O2S/c1-17-8-7-11-21(14-17)18(2)29-25(31)19(3)32-26-24(28-15-22(27)16-33)13-12-23(30-26)20-9-5-4-6-10-20/h4-14,18-19,22,28,33H,15-16,27H2,1-3H3,(H,29,31). The zero-order chi connectivity index (χ0) is 23.8. The molecule has 0 saturated carbocycles. The van der Waals surface area contributed by atoms with E-state index >= 15 is 0 Å². The Bertz CT molecular complexity index is 1060. The lowest BCUT2D eigenvalue weighted by molar-refractivity contribution is -0.128. The van der Waals surface area contributed by atoms with Crippen molar-refractivity contribution in [1.29, 1.82) is 0 Å². The highest BCUT2D eigenvalue weighted by Crippen LogP contribution is 2.28. The van der Waals surface area contributed by atoms with Crippen molar-refractivity contribution in [2.45, 2.75) is 39.0 Å². The quantitative estimate of drug-likeness (QED) is 0.335. The van der Waals surface area contributed by atoms with Crippen LogP contribution in [0.25, 0.3) is 11.3 Å². The summed E-state index contributed by atoms with van der Waals surface area (Å²) in [6.07, 6.45) is -0.741. The van der Waals surface area contributed by atoms with Gasteiger partial charge in [0.25, 0.3) is 5.91 Å². The zero-order valence-electron chi connectivity index (χ0n) is 19.3. The zero-order valence-corrected chi connectivity index (χ0v) is 20.2. The SMILES string of the molecule is Cc1cccc(C(C)NC(=O)C(C)Oc2nc(-c3ccccc3)ccc2NCC(N)CS)c1. The number of rotatable bonds is 10. The molecule has 174 valence electrons. The molecular weight excluding hydrogens is 432 g/mol. The van der Waals surface area contributed by atoms with E-state index in [4.69, 9.17) is 15.5 Å². The molecule has 7 heteroatoms. The molecule has 33 heavy (non-hydrogen) atoms. The van der Waals surface area contributed by atoms with Gasteiger partial charge in [0.05, 0.1) is 17.4 Å². The van der Waals surface area contributed by atoms with Crippen LogP contribution in [0.2, 0.25) is 0 Å². The molecule has 6 nitrogen and oxygen atoms in total. The van der Waals surface area contributed by atoms with E-state index in [2.05, 4.69) is 29.3 Å². The molecule has 3 rings (SSSR count). The second kappa shape index (κ2) is 11.7. The van der Waals surface area contributed by atoms with Crippen LogP contribution in [-0.4, -0.2) is 35.3 Å². The Morgan fingerprint density at radius 1 is 1.09 bits per heavy atom. The van der Waals surface area contributed by atoms with Gasteiger partial charge in [0.15, 0.2) is 6.10 Å². The summed E-state index contributed by atoms with van der Waals surface area (Å²) in [5, 5.41) is 6.29. The topological polar surface area (TPSA) is 89.3 Å². The van der Waals surface area contributed by atoms with E-state index in [1.807, 2.05) is 74.5 Å². The first kappa shape index (κ1) is 24.6. The second-order valence-corrected chi connectivity index (χ2v) is 8.51. The average molecular weight is 465 g/mol. The molecule has 4 N–H and O–H groups in total. The number of pyridine rings is 1. The number of hydrogen-bond acceptors (Lipinski definition) is 6. The van der Waals surface area contributed by atoms with Crippen molar-refractivity contribution in [3.8, 4) is 17.1 Å². The number of aryl methyl sites for hydroxylation is 1. The largest absolute Gasteiger partial charge is 0.463 e. The first-order valence-corrected chi connectivity index (χ1v) is 11.7. The van der Waals surface area contributed by atoms with Gasteiger partial charge in [0, 0.05) is 23.9 Å². The Morgan fingerprint density at radius 2 is 1.85 bits per heavy atom. The molecule has 1 amide bonds. The number of benzene rings is 2. The Hall–Kier alpha value is -3.03.